The lowest BCUT2D eigenvalue weighted by Crippen LogP contribution is -2.38. The number of carbonyl (C=O) groups excluding carboxylic acids is 3. The highest BCUT2D eigenvalue weighted by atomic mass is 35.5. The summed E-state index contributed by atoms with van der Waals surface area (Å²) in [6.45, 7) is 3.91. The van der Waals surface area contributed by atoms with Gasteiger partial charge in [0.05, 0.1) is 16.4 Å². The van der Waals surface area contributed by atoms with Crippen LogP contribution in [0.4, 0.5) is 5.69 Å². The number of dihydropyridines is 1. The molecule has 2 amide bonds. The van der Waals surface area contributed by atoms with Crippen molar-refractivity contribution in [3.63, 3.8) is 0 Å². The molecule has 1 saturated carbocycles. The van der Waals surface area contributed by atoms with E-state index in [1.54, 1.807) is 12.1 Å². The molecule has 1 N–H and O–H groups in total. The molecule has 3 rings (SSSR count). The first-order chi connectivity index (χ1) is 11.7. The van der Waals surface area contributed by atoms with Crippen molar-refractivity contribution in [3.05, 3.63) is 39.9 Å². The van der Waals surface area contributed by atoms with E-state index >= 15 is 0 Å². The van der Waals surface area contributed by atoms with Crippen LogP contribution in [0.3, 0.4) is 0 Å². The number of ketones is 1. The normalized spacial score (nSPS) is 22.0. The van der Waals surface area contributed by atoms with Crippen LogP contribution < -0.4 is 5.32 Å². The summed E-state index contributed by atoms with van der Waals surface area (Å²) < 4.78 is 0. The number of benzene rings is 1. The van der Waals surface area contributed by atoms with Crippen molar-refractivity contribution in [1.82, 2.24) is 0 Å². The van der Waals surface area contributed by atoms with Crippen LogP contribution in [0.1, 0.15) is 26.7 Å². The van der Waals surface area contributed by atoms with Crippen LogP contribution in [0.15, 0.2) is 34.8 Å². The SMILES string of the molecule is CC1(C)CC(=O)C2=CC(C(=O)Nc3ccc(Cl)cc3Cl)C(=O)N=C2C1. The number of hydrogen-bond donors (Lipinski definition) is 1. The number of Topliss-reactive ketones (excluding diaryl/α,β-unsaturated/α-hetero) is 1. The third kappa shape index (κ3) is 3.67. The van der Waals surface area contributed by atoms with Gasteiger partial charge in [-0.2, -0.15) is 0 Å². The van der Waals surface area contributed by atoms with Gasteiger partial charge in [-0.3, -0.25) is 14.4 Å². The summed E-state index contributed by atoms with van der Waals surface area (Å²) in [5.41, 5.74) is 0.952. The Labute approximate surface area is 155 Å². The standard InChI is InChI=1S/C18H16Cl2N2O3/c1-18(2)7-14-10(15(23)8-18)6-11(17(25)22-14)16(24)21-13-4-3-9(19)5-12(13)20/h3-6,11H,7-8H2,1-2H3,(H,21,24). The van der Waals surface area contributed by atoms with Gasteiger partial charge in [0.1, 0.15) is 5.92 Å². The second-order valence-electron chi connectivity index (χ2n) is 7.01. The van der Waals surface area contributed by atoms with Gasteiger partial charge in [0.25, 0.3) is 5.91 Å². The highest BCUT2D eigenvalue weighted by Crippen LogP contribution is 2.36. The number of nitrogens with one attached hydrogen (secondary N) is 1. The number of carbonyl (C=O) groups is 3. The Morgan fingerprint density at radius 1 is 1.24 bits per heavy atom. The van der Waals surface area contributed by atoms with Gasteiger partial charge in [0.2, 0.25) is 5.91 Å². The van der Waals surface area contributed by atoms with E-state index in [1.165, 1.54) is 12.1 Å². The molecule has 1 aliphatic heterocycles. The van der Waals surface area contributed by atoms with E-state index in [1.807, 2.05) is 13.8 Å². The fourth-order valence-electron chi connectivity index (χ4n) is 3.02. The molecule has 0 bridgehead atoms. The van der Waals surface area contributed by atoms with E-state index in [0.717, 1.165) is 0 Å². The van der Waals surface area contributed by atoms with Crippen LogP contribution in [0.25, 0.3) is 0 Å². The van der Waals surface area contributed by atoms with Crippen LogP contribution >= 0.6 is 23.2 Å². The average molecular weight is 379 g/mol. The van der Waals surface area contributed by atoms with Crippen molar-refractivity contribution in [3.8, 4) is 0 Å². The molecule has 7 heteroatoms. The number of fused-ring (bicyclic) bond motifs is 1. The van der Waals surface area contributed by atoms with Gasteiger partial charge >= 0.3 is 0 Å². The first-order valence-electron chi connectivity index (χ1n) is 7.79. The van der Waals surface area contributed by atoms with Gasteiger partial charge < -0.3 is 5.32 Å². The molecule has 130 valence electrons. The van der Waals surface area contributed by atoms with E-state index < -0.39 is 17.7 Å². The van der Waals surface area contributed by atoms with E-state index in [2.05, 4.69) is 10.3 Å². The molecule has 25 heavy (non-hydrogen) atoms. The van der Waals surface area contributed by atoms with Gasteiger partial charge in [0, 0.05) is 17.0 Å². The second-order valence-corrected chi connectivity index (χ2v) is 7.85. The maximum Gasteiger partial charge on any atom is 0.262 e. The Balaban J connectivity index is 1.84. The summed E-state index contributed by atoms with van der Waals surface area (Å²) in [4.78, 5) is 41.1. The smallest absolute Gasteiger partial charge is 0.262 e. The molecular weight excluding hydrogens is 363 g/mol. The van der Waals surface area contributed by atoms with Crippen molar-refractivity contribution in [2.45, 2.75) is 26.7 Å². The lowest BCUT2D eigenvalue weighted by atomic mass is 9.72. The second kappa shape index (κ2) is 6.39. The molecule has 1 atom stereocenters. The van der Waals surface area contributed by atoms with E-state index in [-0.39, 0.29) is 16.2 Å². The van der Waals surface area contributed by atoms with Crippen molar-refractivity contribution in [2.24, 2.45) is 16.3 Å². The van der Waals surface area contributed by atoms with E-state index in [0.29, 0.717) is 34.8 Å². The summed E-state index contributed by atoms with van der Waals surface area (Å²) in [7, 11) is 0. The zero-order valence-corrected chi connectivity index (χ0v) is 15.2. The number of halogens is 2. The summed E-state index contributed by atoms with van der Waals surface area (Å²) in [6, 6.07) is 4.61. The zero-order valence-electron chi connectivity index (χ0n) is 13.7. The monoisotopic (exact) mass is 378 g/mol. The zero-order chi connectivity index (χ0) is 18.4. The van der Waals surface area contributed by atoms with Crippen molar-refractivity contribution in [1.29, 1.82) is 0 Å². The molecule has 2 aliphatic rings. The molecule has 1 aromatic rings. The number of rotatable bonds is 2. The number of aliphatic imine (C=N–C) groups is 1. The van der Waals surface area contributed by atoms with Crippen LogP contribution in [0.2, 0.25) is 10.0 Å². The molecule has 1 aromatic carbocycles. The molecule has 5 nitrogen and oxygen atoms in total. The highest BCUT2D eigenvalue weighted by Gasteiger charge is 2.39. The van der Waals surface area contributed by atoms with Crippen LogP contribution in [-0.2, 0) is 14.4 Å². The third-order valence-electron chi connectivity index (χ3n) is 4.21. The van der Waals surface area contributed by atoms with Crippen LogP contribution in [-0.4, -0.2) is 23.3 Å². The summed E-state index contributed by atoms with van der Waals surface area (Å²) in [5, 5.41) is 3.28. The van der Waals surface area contributed by atoms with Gasteiger partial charge in [-0.05, 0) is 30.0 Å². The molecular formula is C18H16Cl2N2O3. The van der Waals surface area contributed by atoms with Crippen molar-refractivity contribution < 1.29 is 14.4 Å². The maximum absolute atomic E-state index is 12.5. The fourth-order valence-corrected chi connectivity index (χ4v) is 3.48. The van der Waals surface area contributed by atoms with Crippen molar-refractivity contribution >= 4 is 52.2 Å². The average Bonchev–Trinajstić information content (AvgIpc) is 2.48. The third-order valence-corrected chi connectivity index (χ3v) is 4.76. The topological polar surface area (TPSA) is 75.6 Å². The predicted octanol–water partition coefficient (Wildman–Crippen LogP) is 3.84. The maximum atomic E-state index is 12.5. The molecule has 1 fully saturated rings. The quantitative estimate of drug-likeness (QED) is 0.794. The number of allylic oxidation sites excluding steroid dienone is 1. The largest absolute Gasteiger partial charge is 0.324 e. The summed E-state index contributed by atoms with van der Waals surface area (Å²) in [6.07, 6.45) is 2.32. The first kappa shape index (κ1) is 17.8. The fraction of sp³-hybridized carbons (Fsp3) is 0.333. The Kier molecular flexibility index (Phi) is 4.56. The summed E-state index contributed by atoms with van der Waals surface area (Å²) >= 11 is 11.9. The first-order valence-corrected chi connectivity index (χ1v) is 8.55. The molecule has 0 saturated heterocycles. The van der Waals surface area contributed by atoms with Gasteiger partial charge in [0.15, 0.2) is 5.78 Å². The minimum atomic E-state index is -1.14. The minimum absolute atomic E-state index is 0.0928. The molecule has 0 aromatic heterocycles. The molecule has 0 radical (unpaired) electrons. The lowest BCUT2D eigenvalue weighted by Gasteiger charge is -2.32. The molecule has 1 unspecified atom stereocenters. The van der Waals surface area contributed by atoms with E-state index in [4.69, 9.17) is 23.2 Å². The Bertz CT molecular complexity index is 856. The van der Waals surface area contributed by atoms with E-state index in [9.17, 15) is 14.4 Å². The number of hydrogen-bond acceptors (Lipinski definition) is 3. The molecule has 1 aliphatic carbocycles. The van der Waals surface area contributed by atoms with Crippen LogP contribution in [0.5, 0.6) is 0 Å². The van der Waals surface area contributed by atoms with Gasteiger partial charge in [-0.1, -0.05) is 43.1 Å². The van der Waals surface area contributed by atoms with Crippen LogP contribution in [0, 0.1) is 11.3 Å². The molecule has 0 spiro atoms. The molecule has 1 heterocycles. The predicted molar refractivity (Wildman–Crippen MR) is 97.1 cm³/mol. The van der Waals surface area contributed by atoms with Gasteiger partial charge in [-0.15, -0.1) is 0 Å². The highest BCUT2D eigenvalue weighted by molar-refractivity contribution is 6.37. The van der Waals surface area contributed by atoms with Gasteiger partial charge in [-0.25, -0.2) is 4.99 Å². The minimum Gasteiger partial charge on any atom is -0.324 e. The summed E-state index contributed by atoms with van der Waals surface area (Å²) in [5.74, 6) is -2.39. The number of anilines is 1. The Morgan fingerprint density at radius 3 is 2.64 bits per heavy atom. The number of amides is 2. The number of nitrogens with zero attached hydrogens (tertiary/aromatic N) is 1. The lowest BCUT2D eigenvalue weighted by molar-refractivity contribution is -0.128. The van der Waals surface area contributed by atoms with Crippen molar-refractivity contribution in [2.75, 3.05) is 5.32 Å². The Hall–Kier alpha value is -1.98. The Morgan fingerprint density at radius 2 is 1.96 bits per heavy atom.